The van der Waals surface area contributed by atoms with Gasteiger partial charge in [-0.05, 0) is 25.1 Å². The number of rotatable bonds is 5. The highest BCUT2D eigenvalue weighted by molar-refractivity contribution is 6.07. The van der Waals surface area contributed by atoms with Crippen molar-refractivity contribution in [1.82, 2.24) is 15.4 Å². The molecule has 1 amide bonds. The summed E-state index contributed by atoms with van der Waals surface area (Å²) < 4.78 is 38.6. The van der Waals surface area contributed by atoms with Crippen molar-refractivity contribution in [2.75, 3.05) is 17.7 Å². The van der Waals surface area contributed by atoms with E-state index >= 15 is 0 Å². The smallest absolute Gasteiger partial charge is 0.372 e. The maximum Gasteiger partial charge on any atom is 0.421 e. The van der Waals surface area contributed by atoms with Crippen LogP contribution in [0.1, 0.15) is 33.2 Å². The van der Waals surface area contributed by atoms with Crippen LogP contribution in [-0.4, -0.2) is 28.7 Å². The number of aromatic nitrogens is 2. The fraction of sp³-hybridized carbons (Fsp3) is 0.200. The Balaban J connectivity index is 2.39. The molecular formula is C15H15F3N6O2. The van der Waals surface area contributed by atoms with Crippen molar-refractivity contribution in [1.29, 1.82) is 0 Å². The van der Waals surface area contributed by atoms with Gasteiger partial charge < -0.3 is 10.6 Å². The minimum Gasteiger partial charge on any atom is -0.372 e. The van der Waals surface area contributed by atoms with Gasteiger partial charge in [0, 0.05) is 24.5 Å². The minimum absolute atomic E-state index is 0.00533. The molecule has 1 aromatic heterocycles. The first-order chi connectivity index (χ1) is 12.2. The average molecular weight is 368 g/mol. The third-order valence-corrected chi connectivity index (χ3v) is 3.36. The summed E-state index contributed by atoms with van der Waals surface area (Å²) >= 11 is 0. The second-order valence-corrected chi connectivity index (χ2v) is 5.12. The van der Waals surface area contributed by atoms with Crippen molar-refractivity contribution in [3.8, 4) is 0 Å². The number of amides is 1. The van der Waals surface area contributed by atoms with E-state index in [9.17, 15) is 22.8 Å². The van der Waals surface area contributed by atoms with Gasteiger partial charge in [-0.15, -0.1) is 0 Å². The van der Waals surface area contributed by atoms with Crippen molar-refractivity contribution in [2.24, 2.45) is 5.84 Å². The van der Waals surface area contributed by atoms with Gasteiger partial charge in [-0.3, -0.25) is 15.0 Å². The Hall–Kier alpha value is -3.21. The van der Waals surface area contributed by atoms with Crippen molar-refractivity contribution >= 4 is 29.1 Å². The van der Waals surface area contributed by atoms with Crippen molar-refractivity contribution in [2.45, 2.75) is 13.1 Å². The number of nitrogen functional groups attached to an aromatic ring is 1. The summed E-state index contributed by atoms with van der Waals surface area (Å²) in [6.07, 6.45) is -3.97. The normalized spacial score (nSPS) is 11.0. The Kier molecular flexibility index (Phi) is 5.41. The molecular weight excluding hydrogens is 353 g/mol. The van der Waals surface area contributed by atoms with Crippen LogP contribution in [-0.2, 0) is 6.18 Å². The van der Waals surface area contributed by atoms with Gasteiger partial charge in [0.15, 0.2) is 5.78 Å². The summed E-state index contributed by atoms with van der Waals surface area (Å²) in [5.41, 5.74) is 1.35. The topological polar surface area (TPSA) is 122 Å². The largest absolute Gasteiger partial charge is 0.421 e. The second kappa shape index (κ2) is 7.35. The highest BCUT2D eigenvalue weighted by atomic mass is 19.4. The number of Topliss-reactive ketones (excluding diaryl/α,β-unsaturated/α-hetero) is 1. The summed E-state index contributed by atoms with van der Waals surface area (Å²) in [7, 11) is 1.30. The van der Waals surface area contributed by atoms with Gasteiger partial charge in [0.2, 0.25) is 5.95 Å². The molecule has 26 heavy (non-hydrogen) atoms. The predicted molar refractivity (Wildman–Crippen MR) is 88.0 cm³/mol. The predicted octanol–water partition coefficient (Wildman–Crippen LogP) is 2.09. The standard InChI is InChI=1S/C15H15F3N6O2/c1-7(25)9-4-3-8(5-10(9)13(26)24-19)22-14-21-6-11(15(16,17)18)12(20-2)23-14/h3-6H,19H2,1-2H3,(H,24,26)(H2,20,21,22,23). The van der Waals surface area contributed by atoms with E-state index in [2.05, 4.69) is 20.6 Å². The molecule has 1 heterocycles. The zero-order valence-electron chi connectivity index (χ0n) is 13.7. The van der Waals surface area contributed by atoms with Gasteiger partial charge in [0.25, 0.3) is 5.91 Å². The van der Waals surface area contributed by atoms with E-state index in [1.165, 1.54) is 32.2 Å². The van der Waals surface area contributed by atoms with Gasteiger partial charge in [-0.2, -0.15) is 18.2 Å². The number of hydrogen-bond donors (Lipinski definition) is 4. The van der Waals surface area contributed by atoms with E-state index in [1.807, 2.05) is 5.43 Å². The molecule has 0 aliphatic heterocycles. The van der Waals surface area contributed by atoms with Crippen molar-refractivity contribution in [3.05, 3.63) is 41.1 Å². The van der Waals surface area contributed by atoms with Crippen LogP contribution in [0.4, 0.5) is 30.6 Å². The van der Waals surface area contributed by atoms with E-state index < -0.39 is 23.5 Å². The fourth-order valence-electron chi connectivity index (χ4n) is 2.16. The molecule has 0 bridgehead atoms. The number of nitrogens with zero attached hydrogens (tertiary/aromatic N) is 2. The number of halogens is 3. The van der Waals surface area contributed by atoms with E-state index in [1.54, 1.807) is 0 Å². The van der Waals surface area contributed by atoms with Crippen LogP contribution in [0, 0.1) is 0 Å². The highest BCUT2D eigenvalue weighted by Crippen LogP contribution is 2.33. The number of nitrogens with two attached hydrogens (primary N) is 1. The average Bonchev–Trinajstić information content (AvgIpc) is 2.59. The number of benzene rings is 1. The van der Waals surface area contributed by atoms with Gasteiger partial charge >= 0.3 is 6.18 Å². The lowest BCUT2D eigenvalue weighted by Gasteiger charge is -2.13. The SMILES string of the molecule is CNc1nc(Nc2ccc(C(C)=O)c(C(=O)NN)c2)ncc1C(F)(F)F. The number of anilines is 3. The number of alkyl halides is 3. The van der Waals surface area contributed by atoms with Crippen molar-refractivity contribution < 1.29 is 22.8 Å². The Morgan fingerprint density at radius 2 is 1.88 bits per heavy atom. The summed E-state index contributed by atoms with van der Waals surface area (Å²) in [6, 6.07) is 4.17. The maximum atomic E-state index is 12.9. The summed E-state index contributed by atoms with van der Waals surface area (Å²) in [4.78, 5) is 30.8. The Labute approximate surface area is 146 Å². The molecule has 8 nitrogen and oxygen atoms in total. The lowest BCUT2D eigenvalue weighted by atomic mass is 10.0. The molecule has 0 saturated carbocycles. The lowest BCUT2D eigenvalue weighted by Crippen LogP contribution is -2.31. The summed E-state index contributed by atoms with van der Waals surface area (Å²) in [5.74, 6) is 3.53. The zero-order chi connectivity index (χ0) is 19.5. The first-order valence-electron chi connectivity index (χ1n) is 7.22. The van der Waals surface area contributed by atoms with E-state index in [0.29, 0.717) is 6.20 Å². The van der Waals surface area contributed by atoms with Crippen LogP contribution in [0.15, 0.2) is 24.4 Å². The number of hydrazine groups is 1. The van der Waals surface area contributed by atoms with Gasteiger partial charge in [-0.1, -0.05) is 0 Å². The molecule has 0 aliphatic carbocycles. The maximum absolute atomic E-state index is 12.9. The number of nitrogens with one attached hydrogen (secondary N) is 3. The first kappa shape index (κ1) is 19.1. The first-order valence-corrected chi connectivity index (χ1v) is 7.22. The van der Waals surface area contributed by atoms with Gasteiger partial charge in [0.05, 0.1) is 5.56 Å². The van der Waals surface area contributed by atoms with Crippen LogP contribution >= 0.6 is 0 Å². The molecule has 2 aromatic rings. The van der Waals surface area contributed by atoms with Crippen LogP contribution in [0.25, 0.3) is 0 Å². The molecule has 0 unspecified atom stereocenters. The Morgan fingerprint density at radius 3 is 2.42 bits per heavy atom. The number of hydrogen-bond acceptors (Lipinski definition) is 7. The number of carbonyl (C=O) groups excluding carboxylic acids is 2. The van der Waals surface area contributed by atoms with Gasteiger partial charge in [-0.25, -0.2) is 10.8 Å². The molecule has 5 N–H and O–H groups in total. The second-order valence-electron chi connectivity index (χ2n) is 5.12. The Morgan fingerprint density at radius 1 is 1.19 bits per heavy atom. The van der Waals surface area contributed by atoms with E-state index in [-0.39, 0.29) is 28.5 Å². The van der Waals surface area contributed by atoms with Crippen LogP contribution < -0.4 is 21.9 Å². The molecule has 0 aliphatic rings. The number of ketones is 1. The van der Waals surface area contributed by atoms with Crippen LogP contribution in [0.5, 0.6) is 0 Å². The monoisotopic (exact) mass is 368 g/mol. The van der Waals surface area contributed by atoms with Crippen molar-refractivity contribution in [3.63, 3.8) is 0 Å². The zero-order valence-corrected chi connectivity index (χ0v) is 13.7. The molecule has 0 radical (unpaired) electrons. The number of carbonyl (C=O) groups is 2. The molecule has 11 heteroatoms. The van der Waals surface area contributed by atoms with Gasteiger partial charge in [0.1, 0.15) is 11.4 Å². The lowest BCUT2D eigenvalue weighted by molar-refractivity contribution is -0.137. The minimum atomic E-state index is -4.60. The Bertz CT molecular complexity index is 854. The summed E-state index contributed by atoms with van der Waals surface area (Å²) in [6.45, 7) is 1.29. The van der Waals surface area contributed by atoms with Crippen LogP contribution in [0.3, 0.4) is 0 Å². The van der Waals surface area contributed by atoms with E-state index in [0.717, 1.165) is 0 Å². The third-order valence-electron chi connectivity index (χ3n) is 3.36. The molecule has 0 fully saturated rings. The quantitative estimate of drug-likeness (QED) is 0.276. The van der Waals surface area contributed by atoms with E-state index in [4.69, 9.17) is 5.84 Å². The highest BCUT2D eigenvalue weighted by Gasteiger charge is 2.35. The molecule has 0 atom stereocenters. The molecule has 138 valence electrons. The third kappa shape index (κ3) is 4.06. The van der Waals surface area contributed by atoms with Crippen LogP contribution in [0.2, 0.25) is 0 Å². The fourth-order valence-corrected chi connectivity index (χ4v) is 2.16. The molecule has 2 rings (SSSR count). The molecule has 0 spiro atoms. The molecule has 1 aromatic carbocycles. The summed E-state index contributed by atoms with van der Waals surface area (Å²) in [5, 5.41) is 5.04. The molecule has 0 saturated heterocycles.